The minimum Gasteiger partial charge on any atom is -0.493 e. The molecule has 3 rings (SSSR count). The first kappa shape index (κ1) is 16.8. The van der Waals surface area contributed by atoms with Crippen molar-refractivity contribution in [1.82, 2.24) is 4.90 Å². The zero-order chi connectivity index (χ0) is 16.8. The van der Waals surface area contributed by atoms with Crippen molar-refractivity contribution in [2.24, 2.45) is 0 Å². The van der Waals surface area contributed by atoms with E-state index in [2.05, 4.69) is 35.2 Å². The summed E-state index contributed by atoms with van der Waals surface area (Å²) in [5.74, 6) is 1.61. The normalized spacial score (nSPS) is 18.3. The third-order valence-corrected chi connectivity index (χ3v) is 4.41. The molecule has 0 N–H and O–H groups in total. The monoisotopic (exact) mass is 327 g/mol. The molecule has 1 heterocycles. The molecule has 4 heteroatoms. The molecular weight excluding hydrogens is 302 g/mol. The van der Waals surface area contributed by atoms with Crippen LogP contribution < -0.4 is 9.47 Å². The van der Waals surface area contributed by atoms with E-state index in [-0.39, 0.29) is 6.10 Å². The molecule has 2 aromatic rings. The molecule has 0 unspecified atom stereocenters. The molecule has 4 nitrogen and oxygen atoms in total. The van der Waals surface area contributed by atoms with E-state index < -0.39 is 0 Å². The second kappa shape index (κ2) is 8.18. The molecule has 0 amide bonds. The molecule has 24 heavy (non-hydrogen) atoms. The van der Waals surface area contributed by atoms with Crippen LogP contribution in [0.2, 0.25) is 0 Å². The number of hydrogen-bond donors (Lipinski definition) is 0. The first-order valence-corrected chi connectivity index (χ1v) is 8.38. The summed E-state index contributed by atoms with van der Waals surface area (Å²) in [4.78, 5) is 2.42. The van der Waals surface area contributed by atoms with Gasteiger partial charge < -0.3 is 14.2 Å². The molecule has 1 aliphatic rings. The molecule has 0 spiro atoms. The van der Waals surface area contributed by atoms with E-state index in [1.165, 1.54) is 5.56 Å². The van der Waals surface area contributed by atoms with Gasteiger partial charge in [-0.1, -0.05) is 42.5 Å². The lowest BCUT2D eigenvalue weighted by Gasteiger charge is -2.33. The van der Waals surface area contributed by atoms with E-state index in [9.17, 15) is 0 Å². The van der Waals surface area contributed by atoms with Crippen LogP contribution in [0.15, 0.2) is 48.5 Å². The van der Waals surface area contributed by atoms with Crippen LogP contribution in [0.1, 0.15) is 11.1 Å². The third kappa shape index (κ3) is 4.08. The molecule has 2 aromatic carbocycles. The maximum absolute atomic E-state index is 5.95. The largest absolute Gasteiger partial charge is 0.493 e. The highest BCUT2D eigenvalue weighted by atomic mass is 16.5. The summed E-state index contributed by atoms with van der Waals surface area (Å²) >= 11 is 0. The van der Waals surface area contributed by atoms with Crippen molar-refractivity contribution in [3.05, 3.63) is 59.7 Å². The first-order chi connectivity index (χ1) is 11.8. The van der Waals surface area contributed by atoms with Gasteiger partial charge in [-0.05, 0) is 18.1 Å². The van der Waals surface area contributed by atoms with Gasteiger partial charge >= 0.3 is 0 Å². The van der Waals surface area contributed by atoms with Crippen LogP contribution in [0.4, 0.5) is 0 Å². The number of methoxy groups -OCH3 is 2. The molecule has 128 valence electrons. The van der Waals surface area contributed by atoms with Gasteiger partial charge in [0.05, 0.1) is 26.9 Å². The van der Waals surface area contributed by atoms with E-state index in [4.69, 9.17) is 14.2 Å². The van der Waals surface area contributed by atoms with Gasteiger partial charge in [-0.25, -0.2) is 0 Å². The van der Waals surface area contributed by atoms with Gasteiger partial charge in [0.2, 0.25) is 0 Å². The number of rotatable bonds is 6. The van der Waals surface area contributed by atoms with Crippen molar-refractivity contribution in [3.63, 3.8) is 0 Å². The Morgan fingerprint density at radius 3 is 2.62 bits per heavy atom. The molecule has 0 aromatic heterocycles. The van der Waals surface area contributed by atoms with Crippen molar-refractivity contribution in [3.8, 4) is 11.5 Å². The van der Waals surface area contributed by atoms with Crippen LogP contribution in [-0.4, -0.2) is 44.9 Å². The third-order valence-electron chi connectivity index (χ3n) is 4.41. The van der Waals surface area contributed by atoms with Crippen LogP contribution in [0.3, 0.4) is 0 Å². The fourth-order valence-electron chi connectivity index (χ4n) is 3.24. The quantitative estimate of drug-likeness (QED) is 0.815. The van der Waals surface area contributed by atoms with Gasteiger partial charge in [0.25, 0.3) is 0 Å². The Bertz CT molecular complexity index is 645. The molecule has 1 atom stereocenters. The van der Waals surface area contributed by atoms with Crippen molar-refractivity contribution < 1.29 is 14.2 Å². The van der Waals surface area contributed by atoms with Gasteiger partial charge in [-0.2, -0.15) is 0 Å². The van der Waals surface area contributed by atoms with E-state index >= 15 is 0 Å². The summed E-state index contributed by atoms with van der Waals surface area (Å²) < 4.78 is 16.9. The minimum absolute atomic E-state index is 0.234. The number of hydrogen-bond acceptors (Lipinski definition) is 4. The Hall–Kier alpha value is -2.04. The number of para-hydroxylation sites is 1. The molecule has 0 radical (unpaired) electrons. The second-order valence-corrected chi connectivity index (χ2v) is 6.07. The van der Waals surface area contributed by atoms with Gasteiger partial charge in [0, 0.05) is 25.2 Å². The topological polar surface area (TPSA) is 30.9 Å². The Morgan fingerprint density at radius 1 is 1.04 bits per heavy atom. The van der Waals surface area contributed by atoms with E-state index in [1.54, 1.807) is 14.2 Å². The summed E-state index contributed by atoms with van der Waals surface area (Å²) in [6, 6.07) is 16.6. The van der Waals surface area contributed by atoms with Crippen LogP contribution >= 0.6 is 0 Å². The standard InChI is InChI=1S/C20H25NO3/c1-22-19-10-6-9-17(20(19)23-2)14-21-11-12-24-18(15-21)13-16-7-4-3-5-8-16/h3-10,18H,11-15H2,1-2H3/t18-/m1/s1. The molecule has 1 saturated heterocycles. The predicted molar refractivity (Wildman–Crippen MR) is 94.7 cm³/mol. The molecule has 0 bridgehead atoms. The number of morpholine rings is 1. The van der Waals surface area contributed by atoms with Crippen molar-refractivity contribution >= 4 is 0 Å². The van der Waals surface area contributed by atoms with Gasteiger partial charge in [0.15, 0.2) is 11.5 Å². The van der Waals surface area contributed by atoms with Crippen LogP contribution in [0.5, 0.6) is 11.5 Å². The SMILES string of the molecule is COc1cccc(CN2CCO[C@H](Cc3ccccc3)C2)c1OC. The average molecular weight is 327 g/mol. The van der Waals surface area contributed by atoms with Gasteiger partial charge in [0.1, 0.15) is 0 Å². The minimum atomic E-state index is 0.234. The Balaban J connectivity index is 1.65. The Kier molecular flexibility index (Phi) is 5.72. The first-order valence-electron chi connectivity index (χ1n) is 8.38. The Labute approximate surface area is 144 Å². The highest BCUT2D eigenvalue weighted by molar-refractivity contribution is 5.46. The number of benzene rings is 2. The lowest BCUT2D eigenvalue weighted by molar-refractivity contribution is -0.0306. The fraction of sp³-hybridized carbons (Fsp3) is 0.400. The van der Waals surface area contributed by atoms with Crippen molar-refractivity contribution in [2.75, 3.05) is 33.9 Å². The highest BCUT2D eigenvalue weighted by Crippen LogP contribution is 2.31. The highest BCUT2D eigenvalue weighted by Gasteiger charge is 2.22. The molecule has 1 fully saturated rings. The molecule has 1 aliphatic heterocycles. The fourth-order valence-corrected chi connectivity index (χ4v) is 3.24. The summed E-state index contributed by atoms with van der Waals surface area (Å²) in [7, 11) is 3.37. The van der Waals surface area contributed by atoms with Gasteiger partial charge in [-0.15, -0.1) is 0 Å². The van der Waals surface area contributed by atoms with Crippen LogP contribution in [-0.2, 0) is 17.7 Å². The maximum atomic E-state index is 5.95. The zero-order valence-corrected chi connectivity index (χ0v) is 14.4. The van der Waals surface area contributed by atoms with E-state index in [0.29, 0.717) is 0 Å². The lowest BCUT2D eigenvalue weighted by Crippen LogP contribution is -2.42. The number of ether oxygens (including phenoxy) is 3. The smallest absolute Gasteiger partial charge is 0.165 e. The molecular formula is C20H25NO3. The van der Waals surface area contributed by atoms with Gasteiger partial charge in [-0.3, -0.25) is 4.90 Å². The predicted octanol–water partition coefficient (Wildman–Crippen LogP) is 3.15. The Morgan fingerprint density at radius 2 is 1.88 bits per heavy atom. The van der Waals surface area contributed by atoms with E-state index in [0.717, 1.165) is 49.7 Å². The summed E-state index contributed by atoms with van der Waals surface area (Å²) in [5, 5.41) is 0. The average Bonchev–Trinajstić information content (AvgIpc) is 2.62. The molecule has 0 aliphatic carbocycles. The van der Waals surface area contributed by atoms with E-state index in [1.807, 2.05) is 18.2 Å². The maximum Gasteiger partial charge on any atom is 0.165 e. The summed E-state index contributed by atoms with van der Waals surface area (Å²) in [5.41, 5.74) is 2.47. The number of nitrogens with zero attached hydrogens (tertiary/aromatic N) is 1. The summed E-state index contributed by atoms with van der Waals surface area (Å²) in [6.45, 7) is 3.47. The second-order valence-electron chi connectivity index (χ2n) is 6.07. The van der Waals surface area contributed by atoms with Crippen LogP contribution in [0.25, 0.3) is 0 Å². The summed E-state index contributed by atoms with van der Waals surface area (Å²) in [6.07, 6.45) is 1.19. The van der Waals surface area contributed by atoms with Crippen LogP contribution in [0, 0.1) is 0 Å². The lowest BCUT2D eigenvalue weighted by atomic mass is 10.1. The zero-order valence-electron chi connectivity index (χ0n) is 14.4. The van der Waals surface area contributed by atoms with Crippen molar-refractivity contribution in [2.45, 2.75) is 19.1 Å². The van der Waals surface area contributed by atoms with Crippen molar-refractivity contribution in [1.29, 1.82) is 0 Å². The molecule has 0 saturated carbocycles.